The number of carbonyl (C=O) groups excluding carboxylic acids is 2. The van der Waals surface area contributed by atoms with Gasteiger partial charge in [-0.1, -0.05) is 37.6 Å². The first-order valence-corrected chi connectivity index (χ1v) is 14.2. The Bertz CT molecular complexity index is 1170. The van der Waals surface area contributed by atoms with Gasteiger partial charge >= 0.3 is 0 Å². The van der Waals surface area contributed by atoms with Crippen molar-refractivity contribution in [2.75, 3.05) is 31.3 Å². The van der Waals surface area contributed by atoms with Gasteiger partial charge in [0.2, 0.25) is 21.8 Å². The van der Waals surface area contributed by atoms with E-state index in [4.69, 9.17) is 21.1 Å². The van der Waals surface area contributed by atoms with Crippen molar-refractivity contribution in [1.82, 2.24) is 10.2 Å². The Labute approximate surface area is 224 Å². The monoisotopic (exact) mass is 553 g/mol. The van der Waals surface area contributed by atoms with E-state index in [0.717, 1.165) is 22.5 Å². The summed E-state index contributed by atoms with van der Waals surface area (Å²) >= 11 is 6.02. The number of nitrogens with one attached hydrogen (secondary N) is 1. The van der Waals surface area contributed by atoms with Crippen molar-refractivity contribution in [3.63, 3.8) is 0 Å². The molecule has 1 N–H and O–H groups in total. The second kappa shape index (κ2) is 13.5. The molecule has 0 bridgehead atoms. The molecular formula is C26H36ClN3O6S. The van der Waals surface area contributed by atoms with Gasteiger partial charge < -0.3 is 19.7 Å². The van der Waals surface area contributed by atoms with Crippen LogP contribution in [-0.2, 0) is 26.2 Å². The van der Waals surface area contributed by atoms with Crippen molar-refractivity contribution in [2.45, 2.75) is 52.2 Å². The van der Waals surface area contributed by atoms with Crippen LogP contribution in [0.25, 0.3) is 0 Å². The molecule has 0 aliphatic carbocycles. The molecular weight excluding hydrogens is 518 g/mol. The molecule has 2 atom stereocenters. The highest BCUT2D eigenvalue weighted by atomic mass is 35.5. The average molecular weight is 554 g/mol. The van der Waals surface area contributed by atoms with Crippen LogP contribution in [0.4, 0.5) is 5.69 Å². The van der Waals surface area contributed by atoms with Crippen LogP contribution in [0.5, 0.6) is 11.5 Å². The van der Waals surface area contributed by atoms with Gasteiger partial charge in [0, 0.05) is 23.7 Å². The van der Waals surface area contributed by atoms with Gasteiger partial charge in [0.1, 0.15) is 12.6 Å². The lowest BCUT2D eigenvalue weighted by atomic mass is 10.1. The summed E-state index contributed by atoms with van der Waals surface area (Å²) in [6.07, 6.45) is 2.10. The minimum atomic E-state index is -3.87. The maximum absolute atomic E-state index is 13.7. The van der Waals surface area contributed by atoms with Crippen LogP contribution >= 0.6 is 11.6 Å². The summed E-state index contributed by atoms with van der Waals surface area (Å²) in [4.78, 5) is 28.3. The number of rotatable bonds is 13. The van der Waals surface area contributed by atoms with Crippen LogP contribution in [0.2, 0.25) is 5.02 Å². The van der Waals surface area contributed by atoms with E-state index in [1.807, 2.05) is 20.8 Å². The smallest absolute Gasteiger partial charge is 0.244 e. The molecule has 0 aliphatic heterocycles. The van der Waals surface area contributed by atoms with Crippen LogP contribution in [0.1, 0.15) is 39.2 Å². The minimum absolute atomic E-state index is 0.0756. The summed E-state index contributed by atoms with van der Waals surface area (Å²) in [5, 5.41) is 3.48. The normalized spacial score (nSPS) is 12.8. The van der Waals surface area contributed by atoms with E-state index >= 15 is 0 Å². The first-order chi connectivity index (χ1) is 17.4. The highest BCUT2D eigenvalue weighted by molar-refractivity contribution is 7.92. The minimum Gasteiger partial charge on any atom is -0.493 e. The Kier molecular flexibility index (Phi) is 11.1. The first-order valence-electron chi connectivity index (χ1n) is 12.0. The number of halogens is 1. The quantitative estimate of drug-likeness (QED) is 0.404. The highest BCUT2D eigenvalue weighted by Crippen LogP contribution is 2.32. The van der Waals surface area contributed by atoms with E-state index in [2.05, 4.69) is 5.32 Å². The molecule has 0 heterocycles. The molecule has 0 unspecified atom stereocenters. The molecule has 0 saturated heterocycles. The van der Waals surface area contributed by atoms with Crippen LogP contribution in [-0.4, -0.2) is 64.2 Å². The molecule has 37 heavy (non-hydrogen) atoms. The lowest BCUT2D eigenvalue weighted by Crippen LogP contribution is -2.53. The van der Waals surface area contributed by atoms with Crippen molar-refractivity contribution < 1.29 is 27.5 Å². The van der Waals surface area contributed by atoms with Crippen molar-refractivity contribution in [3.05, 3.63) is 53.1 Å². The summed E-state index contributed by atoms with van der Waals surface area (Å²) < 4.78 is 37.1. The lowest BCUT2D eigenvalue weighted by Gasteiger charge is -2.33. The number of benzene rings is 2. The second-order valence-corrected chi connectivity index (χ2v) is 11.0. The molecule has 11 heteroatoms. The molecule has 2 aromatic carbocycles. The summed E-state index contributed by atoms with van der Waals surface area (Å²) in [6.45, 7) is 5.25. The van der Waals surface area contributed by atoms with Gasteiger partial charge in [-0.25, -0.2) is 8.42 Å². The number of amides is 2. The molecule has 0 aliphatic rings. The van der Waals surface area contributed by atoms with E-state index in [9.17, 15) is 18.0 Å². The Morgan fingerprint density at radius 3 is 2.14 bits per heavy atom. The zero-order chi connectivity index (χ0) is 27.8. The van der Waals surface area contributed by atoms with Crippen molar-refractivity contribution in [1.29, 1.82) is 0 Å². The summed E-state index contributed by atoms with van der Waals surface area (Å²) in [6, 6.07) is 10.7. The largest absolute Gasteiger partial charge is 0.493 e. The second-order valence-electron chi connectivity index (χ2n) is 8.70. The lowest BCUT2D eigenvalue weighted by molar-refractivity contribution is -0.140. The van der Waals surface area contributed by atoms with Gasteiger partial charge in [-0.05, 0) is 49.6 Å². The predicted octanol–water partition coefficient (Wildman–Crippen LogP) is 3.85. The Morgan fingerprint density at radius 2 is 1.62 bits per heavy atom. The van der Waals surface area contributed by atoms with Crippen molar-refractivity contribution in [3.8, 4) is 11.5 Å². The number of sulfonamides is 1. The molecule has 2 rings (SSSR count). The third-order valence-electron chi connectivity index (χ3n) is 5.99. The molecule has 0 aromatic heterocycles. The van der Waals surface area contributed by atoms with Gasteiger partial charge in [0.25, 0.3) is 0 Å². The van der Waals surface area contributed by atoms with E-state index in [-0.39, 0.29) is 24.2 Å². The Morgan fingerprint density at radius 1 is 1.00 bits per heavy atom. The number of hydrogen-bond acceptors (Lipinski definition) is 6. The topological polar surface area (TPSA) is 105 Å². The maximum atomic E-state index is 13.7. The average Bonchev–Trinajstić information content (AvgIpc) is 2.86. The third kappa shape index (κ3) is 8.26. The number of hydrogen-bond donors (Lipinski definition) is 1. The SMILES string of the molecule is CC[C@@H](C)NC(=O)[C@H](CC)N(Cc1ccc(Cl)cc1)C(=O)CN(c1ccc(OC)c(OC)c1)S(C)(=O)=O. The number of ether oxygens (including phenoxy) is 2. The van der Waals surface area contributed by atoms with Crippen molar-refractivity contribution >= 4 is 39.1 Å². The van der Waals surface area contributed by atoms with Gasteiger partial charge in [-0.3, -0.25) is 13.9 Å². The summed E-state index contributed by atoms with van der Waals surface area (Å²) in [5.41, 5.74) is 0.988. The van der Waals surface area contributed by atoms with E-state index in [1.165, 1.54) is 31.3 Å². The number of carbonyl (C=O) groups is 2. The Hall–Kier alpha value is -2.98. The fourth-order valence-electron chi connectivity index (χ4n) is 3.74. The summed E-state index contributed by atoms with van der Waals surface area (Å²) in [7, 11) is -0.964. The molecule has 2 aromatic rings. The summed E-state index contributed by atoms with van der Waals surface area (Å²) in [5.74, 6) is -0.0841. The van der Waals surface area contributed by atoms with Crippen LogP contribution in [0, 0.1) is 0 Å². The zero-order valence-electron chi connectivity index (χ0n) is 22.2. The zero-order valence-corrected chi connectivity index (χ0v) is 23.7. The van der Waals surface area contributed by atoms with Gasteiger partial charge in [-0.15, -0.1) is 0 Å². The number of nitrogens with zero attached hydrogens (tertiary/aromatic N) is 2. The fourth-order valence-corrected chi connectivity index (χ4v) is 4.71. The standard InChI is InChI=1S/C26H36ClN3O6S/c1-7-18(3)28-26(32)22(8-2)29(16-19-9-11-20(27)12-10-19)25(31)17-30(37(6,33)34)21-13-14-23(35-4)24(15-21)36-5/h9-15,18,22H,7-8,16-17H2,1-6H3,(H,28,32)/t18-,22+/m1/s1. The van der Waals surface area contributed by atoms with Crippen LogP contribution in [0.3, 0.4) is 0 Å². The maximum Gasteiger partial charge on any atom is 0.244 e. The molecule has 204 valence electrons. The van der Waals surface area contributed by atoms with E-state index in [0.29, 0.717) is 22.9 Å². The molecule has 9 nitrogen and oxygen atoms in total. The van der Waals surface area contributed by atoms with Crippen molar-refractivity contribution in [2.24, 2.45) is 0 Å². The fraction of sp³-hybridized carbons (Fsp3) is 0.462. The van der Waals surface area contributed by atoms with Crippen LogP contribution < -0.4 is 19.1 Å². The van der Waals surface area contributed by atoms with Gasteiger partial charge in [-0.2, -0.15) is 0 Å². The van der Waals surface area contributed by atoms with Gasteiger partial charge in [0.15, 0.2) is 11.5 Å². The molecule has 0 spiro atoms. The number of anilines is 1. The molecule has 0 saturated carbocycles. The van der Waals surface area contributed by atoms with Crippen LogP contribution in [0.15, 0.2) is 42.5 Å². The molecule has 0 radical (unpaired) electrons. The molecule has 0 fully saturated rings. The van der Waals surface area contributed by atoms with E-state index < -0.39 is 28.5 Å². The molecule has 2 amide bonds. The predicted molar refractivity (Wildman–Crippen MR) is 146 cm³/mol. The third-order valence-corrected chi connectivity index (χ3v) is 7.38. The highest BCUT2D eigenvalue weighted by Gasteiger charge is 2.32. The van der Waals surface area contributed by atoms with Gasteiger partial charge in [0.05, 0.1) is 26.2 Å². The Balaban J connectivity index is 2.48. The van der Waals surface area contributed by atoms with E-state index in [1.54, 1.807) is 30.3 Å². The number of methoxy groups -OCH3 is 2. The first kappa shape index (κ1) is 30.2.